The highest BCUT2D eigenvalue weighted by atomic mass is 16.5. The molecule has 1 aromatic rings. The summed E-state index contributed by atoms with van der Waals surface area (Å²) in [6.07, 6.45) is 1.57. The Morgan fingerprint density at radius 2 is 2.05 bits per heavy atom. The van der Waals surface area contributed by atoms with Gasteiger partial charge in [0.05, 0.1) is 13.5 Å². The number of amides is 1. The van der Waals surface area contributed by atoms with E-state index in [1.807, 2.05) is 11.5 Å². The fourth-order valence-corrected chi connectivity index (χ4v) is 2.48. The number of carboxylic acids is 1. The monoisotopic (exact) mass is 309 g/mol. The van der Waals surface area contributed by atoms with Crippen molar-refractivity contribution in [2.75, 3.05) is 7.11 Å². The number of aromatic nitrogens is 2. The average Bonchev–Trinajstić information content (AvgIpc) is 3.22. The maximum absolute atomic E-state index is 12.3. The summed E-state index contributed by atoms with van der Waals surface area (Å²) in [6, 6.07) is -0.856. The van der Waals surface area contributed by atoms with E-state index in [0.717, 1.165) is 31.5 Å². The maximum atomic E-state index is 12.3. The van der Waals surface area contributed by atoms with E-state index in [9.17, 15) is 14.4 Å². The zero-order valence-corrected chi connectivity index (χ0v) is 12.8. The molecule has 8 heteroatoms. The van der Waals surface area contributed by atoms with Crippen molar-refractivity contribution in [1.82, 2.24) is 14.9 Å². The summed E-state index contributed by atoms with van der Waals surface area (Å²) in [5, 5.41) is 11.2. The molecule has 0 aliphatic heterocycles. The van der Waals surface area contributed by atoms with Gasteiger partial charge in [0.2, 0.25) is 0 Å². The minimum atomic E-state index is -1.24. The molecule has 0 aromatic carbocycles. The van der Waals surface area contributed by atoms with E-state index in [4.69, 9.17) is 5.11 Å². The number of hydrogen-bond donors (Lipinski definition) is 2. The molecule has 1 aliphatic carbocycles. The van der Waals surface area contributed by atoms with Gasteiger partial charge in [0.25, 0.3) is 5.91 Å². The number of nitrogens with one attached hydrogen (secondary N) is 1. The quantitative estimate of drug-likeness (QED) is 0.744. The van der Waals surface area contributed by atoms with Gasteiger partial charge in [-0.3, -0.25) is 9.59 Å². The normalized spacial score (nSPS) is 15.2. The van der Waals surface area contributed by atoms with Crippen LogP contribution in [0.2, 0.25) is 0 Å². The van der Waals surface area contributed by atoms with Crippen LogP contribution in [0, 0.1) is 13.8 Å². The fourth-order valence-electron chi connectivity index (χ4n) is 2.48. The van der Waals surface area contributed by atoms with Gasteiger partial charge in [0, 0.05) is 11.7 Å². The number of aryl methyl sites for hydroxylation is 1. The van der Waals surface area contributed by atoms with E-state index >= 15 is 0 Å². The van der Waals surface area contributed by atoms with Gasteiger partial charge in [-0.15, -0.1) is 0 Å². The highest BCUT2D eigenvalue weighted by Gasteiger charge is 2.31. The molecule has 120 valence electrons. The van der Waals surface area contributed by atoms with Crippen LogP contribution in [0.15, 0.2) is 0 Å². The van der Waals surface area contributed by atoms with Gasteiger partial charge >= 0.3 is 11.9 Å². The van der Waals surface area contributed by atoms with Crippen LogP contribution in [-0.2, 0) is 14.3 Å². The molecule has 1 amide bonds. The van der Waals surface area contributed by atoms with Crippen LogP contribution in [0.1, 0.15) is 47.3 Å². The number of methoxy groups -OCH3 is 1. The molecule has 0 unspecified atom stereocenters. The molecule has 1 atom stereocenters. The molecule has 2 N–H and O–H groups in total. The Morgan fingerprint density at radius 3 is 2.55 bits per heavy atom. The molecule has 1 fully saturated rings. The lowest BCUT2D eigenvalue weighted by Crippen LogP contribution is -2.43. The van der Waals surface area contributed by atoms with Crippen LogP contribution in [0.25, 0.3) is 0 Å². The molecule has 0 bridgehead atoms. The first kappa shape index (κ1) is 16.0. The number of carbonyl (C=O) groups is 3. The van der Waals surface area contributed by atoms with E-state index in [1.54, 1.807) is 6.92 Å². The third kappa shape index (κ3) is 3.26. The van der Waals surface area contributed by atoms with Gasteiger partial charge < -0.3 is 19.7 Å². The van der Waals surface area contributed by atoms with Crippen LogP contribution >= 0.6 is 0 Å². The first-order valence-electron chi connectivity index (χ1n) is 7.01. The Kier molecular flexibility index (Phi) is 4.48. The Labute approximate surface area is 127 Å². The lowest BCUT2D eigenvalue weighted by Gasteiger charge is -2.14. The van der Waals surface area contributed by atoms with Crippen LogP contribution < -0.4 is 5.32 Å². The molecular weight excluding hydrogens is 290 g/mol. The van der Waals surface area contributed by atoms with Crippen molar-refractivity contribution in [3.05, 3.63) is 17.2 Å². The van der Waals surface area contributed by atoms with E-state index in [1.165, 1.54) is 0 Å². The molecule has 0 saturated heterocycles. The highest BCUT2D eigenvalue weighted by Crippen LogP contribution is 2.37. The molecule has 0 spiro atoms. The van der Waals surface area contributed by atoms with Gasteiger partial charge in [-0.05, 0) is 26.7 Å². The smallest absolute Gasteiger partial charge is 0.328 e. The van der Waals surface area contributed by atoms with Gasteiger partial charge in [-0.2, -0.15) is 0 Å². The third-order valence-electron chi connectivity index (χ3n) is 3.62. The number of aliphatic carboxylic acids is 1. The number of hydrogen-bond acceptors (Lipinski definition) is 5. The number of rotatable bonds is 6. The number of nitrogens with zero attached hydrogens (tertiary/aromatic N) is 2. The van der Waals surface area contributed by atoms with Crippen LogP contribution in [0.3, 0.4) is 0 Å². The Morgan fingerprint density at radius 1 is 1.41 bits per heavy atom. The van der Waals surface area contributed by atoms with Crippen molar-refractivity contribution in [3.8, 4) is 0 Å². The van der Waals surface area contributed by atoms with Crippen LogP contribution in [0.5, 0.6) is 0 Å². The average molecular weight is 309 g/mol. The van der Waals surface area contributed by atoms with E-state index in [2.05, 4.69) is 15.0 Å². The Hall–Kier alpha value is -2.38. The van der Waals surface area contributed by atoms with E-state index < -0.39 is 30.3 Å². The summed E-state index contributed by atoms with van der Waals surface area (Å²) in [5.74, 6) is -1.84. The first-order chi connectivity index (χ1) is 10.3. The fraction of sp³-hybridized carbons (Fsp3) is 0.571. The number of imidazole rings is 1. The highest BCUT2D eigenvalue weighted by molar-refractivity contribution is 5.97. The zero-order chi connectivity index (χ0) is 16.4. The predicted octanol–water partition coefficient (Wildman–Crippen LogP) is 0.581. The minimum Gasteiger partial charge on any atom is -0.481 e. The number of esters is 1. The standard InChI is InChI=1S/C14H19N3O5/c1-7-12(15-8(2)17(7)9-4-5-9)13(20)16-10(6-11(18)19)14(21)22-3/h9-10H,4-6H2,1-3H3,(H,16,20)(H,18,19)/t10-/m0/s1. The number of carbonyl (C=O) groups excluding carboxylic acids is 2. The summed E-state index contributed by atoms with van der Waals surface area (Å²) in [7, 11) is 1.14. The molecule has 1 heterocycles. The SMILES string of the molecule is COC(=O)[C@H](CC(=O)O)NC(=O)c1nc(C)n(C2CC2)c1C. The molecule has 22 heavy (non-hydrogen) atoms. The van der Waals surface area contributed by atoms with Gasteiger partial charge in [-0.1, -0.05) is 0 Å². The molecular formula is C14H19N3O5. The second kappa shape index (κ2) is 6.17. The second-order valence-electron chi connectivity index (χ2n) is 5.34. The predicted molar refractivity (Wildman–Crippen MR) is 75.5 cm³/mol. The summed E-state index contributed by atoms with van der Waals surface area (Å²) in [6.45, 7) is 3.61. The summed E-state index contributed by atoms with van der Waals surface area (Å²) < 4.78 is 6.51. The summed E-state index contributed by atoms with van der Waals surface area (Å²) >= 11 is 0. The number of ether oxygens (including phenoxy) is 1. The summed E-state index contributed by atoms with van der Waals surface area (Å²) in [4.78, 5) is 38.9. The molecule has 1 saturated carbocycles. The van der Waals surface area contributed by atoms with Gasteiger partial charge in [0.15, 0.2) is 0 Å². The van der Waals surface area contributed by atoms with Gasteiger partial charge in [0.1, 0.15) is 17.6 Å². The Bertz CT molecular complexity index is 618. The maximum Gasteiger partial charge on any atom is 0.328 e. The van der Waals surface area contributed by atoms with E-state index in [0.29, 0.717) is 6.04 Å². The van der Waals surface area contributed by atoms with Crippen molar-refractivity contribution in [2.24, 2.45) is 0 Å². The van der Waals surface area contributed by atoms with Crippen molar-refractivity contribution in [3.63, 3.8) is 0 Å². The molecule has 1 aromatic heterocycles. The van der Waals surface area contributed by atoms with Crippen molar-refractivity contribution in [2.45, 2.75) is 45.2 Å². The molecule has 1 aliphatic rings. The van der Waals surface area contributed by atoms with Gasteiger partial charge in [-0.25, -0.2) is 9.78 Å². The largest absolute Gasteiger partial charge is 0.481 e. The Balaban J connectivity index is 2.18. The third-order valence-corrected chi connectivity index (χ3v) is 3.62. The first-order valence-corrected chi connectivity index (χ1v) is 7.01. The lowest BCUT2D eigenvalue weighted by molar-refractivity contribution is -0.147. The number of carboxylic acid groups (broad SMARTS) is 1. The molecule has 8 nitrogen and oxygen atoms in total. The van der Waals surface area contributed by atoms with Crippen molar-refractivity contribution >= 4 is 17.8 Å². The minimum absolute atomic E-state index is 0.212. The van der Waals surface area contributed by atoms with Crippen molar-refractivity contribution < 1.29 is 24.2 Å². The van der Waals surface area contributed by atoms with E-state index in [-0.39, 0.29) is 5.69 Å². The second-order valence-corrected chi connectivity index (χ2v) is 5.34. The van der Waals surface area contributed by atoms with Crippen LogP contribution in [-0.4, -0.2) is 45.7 Å². The van der Waals surface area contributed by atoms with Crippen molar-refractivity contribution in [1.29, 1.82) is 0 Å². The summed E-state index contributed by atoms with van der Waals surface area (Å²) in [5.41, 5.74) is 0.931. The van der Waals surface area contributed by atoms with Crippen LogP contribution in [0.4, 0.5) is 0 Å². The molecule has 2 rings (SSSR count). The molecule has 0 radical (unpaired) electrons. The topological polar surface area (TPSA) is 111 Å². The lowest BCUT2D eigenvalue weighted by atomic mass is 10.2. The zero-order valence-electron chi connectivity index (χ0n) is 12.8.